The summed E-state index contributed by atoms with van der Waals surface area (Å²) in [5, 5.41) is 6.89. The van der Waals surface area contributed by atoms with Gasteiger partial charge in [-0.15, -0.1) is 0 Å². The molecule has 6 nitrogen and oxygen atoms in total. The van der Waals surface area contributed by atoms with Gasteiger partial charge in [0.1, 0.15) is 0 Å². The lowest BCUT2D eigenvalue weighted by Gasteiger charge is -2.38. The topological polar surface area (TPSA) is 70.1 Å². The third-order valence-electron chi connectivity index (χ3n) is 5.70. The average molecular weight is 360 g/mol. The van der Waals surface area contributed by atoms with Crippen LogP contribution in [0.4, 0.5) is 0 Å². The number of rotatable bonds is 3. The first-order chi connectivity index (χ1) is 12.7. The Balaban J connectivity index is 0.000000613. The van der Waals surface area contributed by atoms with Crippen molar-refractivity contribution in [1.29, 1.82) is 0 Å². The van der Waals surface area contributed by atoms with Crippen LogP contribution in [0.5, 0.6) is 0 Å². The molecule has 1 aromatic carbocycles. The van der Waals surface area contributed by atoms with Crippen molar-refractivity contribution in [3.05, 3.63) is 35.4 Å². The second-order valence-electron chi connectivity index (χ2n) is 7.29. The molecular weight excluding hydrogens is 332 g/mol. The molecule has 1 aromatic rings. The number of carboxylic acid groups (broad SMARTS) is 1. The molecule has 2 saturated heterocycles. The summed E-state index contributed by atoms with van der Waals surface area (Å²) in [6, 6.07) is 9.44. The standard InChI is InChI=1S/C19H26N2O2.CH2O2/c22-19(11-15-5-10-23-14-15)21-8-6-20(7-9-21)18-12-16-3-1-2-4-17(16)13-18;2-1-3/h1-4,15,18H,5-14H2;1H,(H,2,3). The summed E-state index contributed by atoms with van der Waals surface area (Å²) in [5.41, 5.74) is 3.02. The normalized spacial score (nSPS) is 23.2. The predicted octanol–water partition coefficient (Wildman–Crippen LogP) is 1.43. The van der Waals surface area contributed by atoms with E-state index in [0.29, 0.717) is 24.3 Å². The number of ether oxygens (including phenoxy) is 1. The van der Waals surface area contributed by atoms with Gasteiger partial charge in [0.15, 0.2) is 0 Å². The quantitative estimate of drug-likeness (QED) is 0.826. The smallest absolute Gasteiger partial charge is 0.290 e. The van der Waals surface area contributed by atoms with Crippen molar-refractivity contribution in [1.82, 2.24) is 9.80 Å². The van der Waals surface area contributed by atoms with Crippen LogP contribution in [0.15, 0.2) is 24.3 Å². The van der Waals surface area contributed by atoms with E-state index in [1.807, 2.05) is 0 Å². The third kappa shape index (κ3) is 4.62. The number of piperazine rings is 1. The Morgan fingerprint density at radius 3 is 2.31 bits per heavy atom. The maximum absolute atomic E-state index is 12.4. The van der Waals surface area contributed by atoms with Gasteiger partial charge in [-0.05, 0) is 36.3 Å². The zero-order valence-corrected chi connectivity index (χ0v) is 15.2. The number of benzene rings is 1. The lowest BCUT2D eigenvalue weighted by atomic mass is 10.0. The van der Waals surface area contributed by atoms with Crippen molar-refractivity contribution in [2.45, 2.75) is 31.7 Å². The van der Waals surface area contributed by atoms with Crippen LogP contribution in [0.2, 0.25) is 0 Å². The molecule has 4 rings (SSSR count). The molecule has 6 heteroatoms. The van der Waals surface area contributed by atoms with E-state index in [-0.39, 0.29) is 6.47 Å². The van der Waals surface area contributed by atoms with Crippen LogP contribution in [-0.4, -0.2) is 72.7 Å². The SMILES string of the molecule is O=C(CC1CCOC1)N1CCN(C2Cc3ccccc3C2)CC1.O=CO. The highest BCUT2D eigenvalue weighted by Gasteiger charge is 2.31. The highest BCUT2D eigenvalue weighted by Crippen LogP contribution is 2.26. The largest absolute Gasteiger partial charge is 0.483 e. The van der Waals surface area contributed by atoms with E-state index in [0.717, 1.165) is 45.8 Å². The summed E-state index contributed by atoms with van der Waals surface area (Å²) in [6.45, 7) is 5.16. The number of carbonyl (C=O) groups excluding carboxylic acids is 1. The molecule has 1 aliphatic carbocycles. The van der Waals surface area contributed by atoms with Crippen LogP contribution in [0.1, 0.15) is 24.0 Å². The van der Waals surface area contributed by atoms with Crippen LogP contribution in [-0.2, 0) is 27.2 Å². The molecule has 26 heavy (non-hydrogen) atoms. The molecule has 0 spiro atoms. The van der Waals surface area contributed by atoms with Crippen LogP contribution >= 0.6 is 0 Å². The molecular formula is C20H28N2O4. The first-order valence-electron chi connectivity index (χ1n) is 9.45. The summed E-state index contributed by atoms with van der Waals surface area (Å²) < 4.78 is 5.38. The third-order valence-corrected chi connectivity index (χ3v) is 5.70. The fraction of sp³-hybridized carbons (Fsp3) is 0.600. The molecule has 142 valence electrons. The lowest BCUT2D eigenvalue weighted by Crippen LogP contribution is -2.52. The van der Waals surface area contributed by atoms with Crippen molar-refractivity contribution in [2.75, 3.05) is 39.4 Å². The molecule has 0 bridgehead atoms. The molecule has 0 saturated carbocycles. The summed E-state index contributed by atoms with van der Waals surface area (Å²) in [7, 11) is 0. The molecule has 3 aliphatic rings. The van der Waals surface area contributed by atoms with Gasteiger partial charge in [0, 0.05) is 51.9 Å². The van der Waals surface area contributed by atoms with Crippen molar-refractivity contribution in [3.8, 4) is 0 Å². The van der Waals surface area contributed by atoms with Crippen LogP contribution in [0.3, 0.4) is 0 Å². The van der Waals surface area contributed by atoms with Gasteiger partial charge in [0.05, 0.1) is 0 Å². The maximum atomic E-state index is 12.4. The minimum absolute atomic E-state index is 0.250. The summed E-state index contributed by atoms with van der Waals surface area (Å²) in [5.74, 6) is 0.778. The zero-order valence-electron chi connectivity index (χ0n) is 15.2. The van der Waals surface area contributed by atoms with Gasteiger partial charge < -0.3 is 14.7 Å². The van der Waals surface area contributed by atoms with E-state index in [4.69, 9.17) is 14.6 Å². The van der Waals surface area contributed by atoms with E-state index in [9.17, 15) is 4.79 Å². The monoisotopic (exact) mass is 360 g/mol. The number of carbonyl (C=O) groups is 2. The minimum Gasteiger partial charge on any atom is -0.483 e. The van der Waals surface area contributed by atoms with Gasteiger partial charge in [-0.2, -0.15) is 0 Å². The van der Waals surface area contributed by atoms with Crippen LogP contribution < -0.4 is 0 Å². The van der Waals surface area contributed by atoms with Crippen molar-refractivity contribution in [2.24, 2.45) is 5.92 Å². The lowest BCUT2D eigenvalue weighted by molar-refractivity contribution is -0.134. The fourth-order valence-corrected chi connectivity index (χ4v) is 4.25. The van der Waals surface area contributed by atoms with Crippen LogP contribution in [0.25, 0.3) is 0 Å². The van der Waals surface area contributed by atoms with E-state index in [1.54, 1.807) is 0 Å². The van der Waals surface area contributed by atoms with Gasteiger partial charge in [0.2, 0.25) is 5.91 Å². The maximum Gasteiger partial charge on any atom is 0.290 e. The molecule has 2 heterocycles. The number of nitrogens with zero attached hydrogens (tertiary/aromatic N) is 2. The predicted molar refractivity (Wildman–Crippen MR) is 98.0 cm³/mol. The molecule has 2 fully saturated rings. The molecule has 0 radical (unpaired) electrons. The summed E-state index contributed by atoms with van der Waals surface area (Å²) >= 11 is 0. The Hall–Kier alpha value is -1.92. The van der Waals surface area contributed by atoms with Gasteiger partial charge in [0.25, 0.3) is 6.47 Å². The van der Waals surface area contributed by atoms with E-state index in [1.165, 1.54) is 24.0 Å². The second kappa shape index (κ2) is 9.14. The van der Waals surface area contributed by atoms with Crippen molar-refractivity contribution >= 4 is 12.4 Å². The zero-order chi connectivity index (χ0) is 18.4. The second-order valence-corrected chi connectivity index (χ2v) is 7.29. The van der Waals surface area contributed by atoms with Crippen molar-refractivity contribution < 1.29 is 19.4 Å². The minimum atomic E-state index is -0.250. The van der Waals surface area contributed by atoms with Crippen LogP contribution in [0, 0.1) is 5.92 Å². The summed E-state index contributed by atoms with van der Waals surface area (Å²) in [6.07, 6.45) is 4.06. The Kier molecular flexibility index (Phi) is 6.63. The van der Waals surface area contributed by atoms with E-state index < -0.39 is 0 Å². The molecule has 1 amide bonds. The first kappa shape index (κ1) is 18.9. The molecule has 1 N–H and O–H groups in total. The Labute approximate surface area is 154 Å². The van der Waals surface area contributed by atoms with E-state index >= 15 is 0 Å². The number of fused-ring (bicyclic) bond motifs is 1. The average Bonchev–Trinajstić information content (AvgIpc) is 3.31. The number of hydrogen-bond acceptors (Lipinski definition) is 4. The molecule has 0 aromatic heterocycles. The van der Waals surface area contributed by atoms with Gasteiger partial charge in [-0.25, -0.2) is 0 Å². The van der Waals surface area contributed by atoms with E-state index in [2.05, 4.69) is 34.1 Å². The van der Waals surface area contributed by atoms with Gasteiger partial charge in [-0.3, -0.25) is 14.5 Å². The van der Waals surface area contributed by atoms with Gasteiger partial charge in [-0.1, -0.05) is 24.3 Å². The Morgan fingerprint density at radius 2 is 1.77 bits per heavy atom. The Morgan fingerprint density at radius 1 is 1.15 bits per heavy atom. The highest BCUT2D eigenvalue weighted by molar-refractivity contribution is 5.76. The fourth-order valence-electron chi connectivity index (χ4n) is 4.25. The van der Waals surface area contributed by atoms with Gasteiger partial charge >= 0.3 is 0 Å². The molecule has 2 aliphatic heterocycles. The first-order valence-corrected chi connectivity index (χ1v) is 9.45. The number of hydrogen-bond donors (Lipinski definition) is 1. The number of amides is 1. The Bertz CT molecular complexity index is 583. The summed E-state index contributed by atoms with van der Waals surface area (Å²) in [4.78, 5) is 25.4. The highest BCUT2D eigenvalue weighted by atomic mass is 16.5. The molecule has 1 atom stereocenters. The molecule has 1 unspecified atom stereocenters. The van der Waals surface area contributed by atoms with Crippen molar-refractivity contribution in [3.63, 3.8) is 0 Å².